The van der Waals surface area contributed by atoms with E-state index < -0.39 is 0 Å². The van der Waals surface area contributed by atoms with Crippen molar-refractivity contribution >= 4 is 11.3 Å². The van der Waals surface area contributed by atoms with Gasteiger partial charge in [-0.2, -0.15) is 4.98 Å². The fourth-order valence-corrected chi connectivity index (χ4v) is 2.43. The molecule has 0 radical (unpaired) electrons. The first-order valence-corrected chi connectivity index (χ1v) is 6.47. The van der Waals surface area contributed by atoms with Crippen LogP contribution in [-0.4, -0.2) is 20.4 Å². The molecule has 0 atom stereocenters. The molecule has 0 aliphatic rings. The van der Waals surface area contributed by atoms with E-state index >= 15 is 0 Å². The van der Waals surface area contributed by atoms with Gasteiger partial charge in [0.05, 0.1) is 0 Å². The maximum absolute atomic E-state index is 9.42. The molecule has 0 spiro atoms. The first-order chi connectivity index (χ1) is 9.20. The van der Waals surface area contributed by atoms with E-state index in [1.165, 1.54) is 18.2 Å². The fourth-order valence-electron chi connectivity index (χ4n) is 1.73. The molecule has 0 aliphatic carbocycles. The molecule has 2 heterocycles. The van der Waals surface area contributed by atoms with E-state index in [4.69, 9.17) is 4.52 Å². The maximum atomic E-state index is 9.42. The Morgan fingerprint density at radius 1 is 1.16 bits per heavy atom. The summed E-state index contributed by atoms with van der Waals surface area (Å²) < 4.78 is 5.13. The van der Waals surface area contributed by atoms with Crippen LogP contribution in [0.3, 0.4) is 0 Å². The first kappa shape index (κ1) is 11.7. The molecular weight excluding hydrogens is 264 g/mol. The van der Waals surface area contributed by atoms with Gasteiger partial charge in [0.25, 0.3) is 5.89 Å². The molecule has 3 aromatic rings. The van der Waals surface area contributed by atoms with Gasteiger partial charge in [-0.05, 0) is 23.6 Å². The van der Waals surface area contributed by atoms with Crippen molar-refractivity contribution in [2.45, 2.75) is 6.42 Å². The second kappa shape index (κ2) is 4.74. The summed E-state index contributed by atoms with van der Waals surface area (Å²) in [5.41, 5.74) is 0.488. The Morgan fingerprint density at radius 2 is 1.95 bits per heavy atom. The maximum Gasteiger partial charge on any atom is 0.258 e. The standard InChI is InChI=1S/C13H10N2O3S/c16-9-4-8(5-10(17)6-9)13-14-12(15-18-13)7-11-2-1-3-19-11/h1-6,16-17H,7H2. The molecule has 96 valence electrons. The van der Waals surface area contributed by atoms with Crippen molar-refractivity contribution in [3.05, 3.63) is 46.4 Å². The molecule has 0 saturated heterocycles. The molecular formula is C13H10N2O3S. The van der Waals surface area contributed by atoms with Crippen LogP contribution in [0, 0.1) is 0 Å². The third-order valence-corrected chi connectivity index (χ3v) is 3.41. The second-order valence-corrected chi connectivity index (χ2v) is 5.04. The molecule has 2 N–H and O–H groups in total. The van der Waals surface area contributed by atoms with Gasteiger partial charge < -0.3 is 14.7 Å². The minimum Gasteiger partial charge on any atom is -0.508 e. The summed E-state index contributed by atoms with van der Waals surface area (Å²) in [6.45, 7) is 0. The lowest BCUT2D eigenvalue weighted by atomic mass is 10.2. The van der Waals surface area contributed by atoms with Crippen LogP contribution >= 0.6 is 11.3 Å². The highest BCUT2D eigenvalue weighted by Gasteiger charge is 2.11. The topological polar surface area (TPSA) is 79.4 Å². The second-order valence-electron chi connectivity index (χ2n) is 4.01. The van der Waals surface area contributed by atoms with Crippen LogP contribution in [0.5, 0.6) is 11.5 Å². The monoisotopic (exact) mass is 274 g/mol. The predicted molar refractivity (Wildman–Crippen MR) is 70.2 cm³/mol. The van der Waals surface area contributed by atoms with Gasteiger partial charge in [-0.1, -0.05) is 11.2 Å². The first-order valence-electron chi connectivity index (χ1n) is 5.59. The molecule has 5 nitrogen and oxygen atoms in total. The van der Waals surface area contributed by atoms with Crippen molar-refractivity contribution < 1.29 is 14.7 Å². The number of hydrogen-bond donors (Lipinski definition) is 2. The molecule has 0 fully saturated rings. The van der Waals surface area contributed by atoms with Crippen molar-refractivity contribution in [1.29, 1.82) is 0 Å². The van der Waals surface area contributed by atoms with Gasteiger partial charge in [0.15, 0.2) is 5.82 Å². The predicted octanol–water partition coefficient (Wildman–Crippen LogP) is 2.80. The number of phenolic OH excluding ortho intramolecular Hbond substituents is 2. The number of rotatable bonds is 3. The van der Waals surface area contributed by atoms with Gasteiger partial charge in [0, 0.05) is 22.9 Å². The zero-order chi connectivity index (χ0) is 13.2. The average molecular weight is 274 g/mol. The number of aromatic nitrogens is 2. The summed E-state index contributed by atoms with van der Waals surface area (Å²) >= 11 is 1.63. The van der Waals surface area contributed by atoms with Gasteiger partial charge in [0.1, 0.15) is 11.5 Å². The van der Waals surface area contributed by atoms with Gasteiger partial charge >= 0.3 is 0 Å². The quantitative estimate of drug-likeness (QED) is 0.767. The Bertz CT molecular complexity index is 671. The molecule has 0 aliphatic heterocycles. The van der Waals surface area contributed by atoms with E-state index in [1.54, 1.807) is 11.3 Å². The number of aromatic hydroxyl groups is 2. The van der Waals surface area contributed by atoms with Crippen LogP contribution < -0.4 is 0 Å². The smallest absolute Gasteiger partial charge is 0.258 e. The highest BCUT2D eigenvalue weighted by molar-refractivity contribution is 7.09. The summed E-state index contributed by atoms with van der Waals surface area (Å²) in [6, 6.07) is 8.13. The molecule has 19 heavy (non-hydrogen) atoms. The Kier molecular flexibility index (Phi) is 2.92. The Hall–Kier alpha value is -2.34. The van der Waals surface area contributed by atoms with Gasteiger partial charge in [0.2, 0.25) is 0 Å². The number of thiophene rings is 1. The number of phenols is 2. The molecule has 0 unspecified atom stereocenters. The minimum atomic E-state index is -0.0481. The normalized spacial score (nSPS) is 10.7. The van der Waals surface area contributed by atoms with Crippen LogP contribution in [-0.2, 0) is 6.42 Å². The number of nitrogens with zero attached hydrogens (tertiary/aromatic N) is 2. The van der Waals surface area contributed by atoms with E-state index in [0.717, 1.165) is 4.88 Å². The van der Waals surface area contributed by atoms with Gasteiger partial charge in [-0.15, -0.1) is 11.3 Å². The van der Waals surface area contributed by atoms with E-state index in [0.29, 0.717) is 17.8 Å². The Labute approximate surface area is 112 Å². The molecule has 0 bridgehead atoms. The molecule has 1 aromatic carbocycles. The highest BCUT2D eigenvalue weighted by Crippen LogP contribution is 2.27. The summed E-state index contributed by atoms with van der Waals surface area (Å²) in [6.07, 6.45) is 0.603. The fraction of sp³-hybridized carbons (Fsp3) is 0.0769. The van der Waals surface area contributed by atoms with E-state index in [2.05, 4.69) is 10.1 Å². The summed E-state index contributed by atoms with van der Waals surface area (Å²) in [4.78, 5) is 5.39. The molecule has 0 saturated carbocycles. The van der Waals surface area contributed by atoms with E-state index in [9.17, 15) is 10.2 Å². The van der Waals surface area contributed by atoms with Crippen molar-refractivity contribution in [3.63, 3.8) is 0 Å². The van der Waals surface area contributed by atoms with Gasteiger partial charge in [-0.25, -0.2) is 0 Å². The van der Waals surface area contributed by atoms with Crippen molar-refractivity contribution in [2.24, 2.45) is 0 Å². The van der Waals surface area contributed by atoms with E-state index in [1.807, 2.05) is 17.5 Å². The molecule has 0 amide bonds. The lowest BCUT2D eigenvalue weighted by Crippen LogP contribution is -1.87. The van der Waals surface area contributed by atoms with Crippen molar-refractivity contribution in [3.8, 4) is 23.0 Å². The lowest BCUT2D eigenvalue weighted by Gasteiger charge is -1.97. The van der Waals surface area contributed by atoms with Crippen molar-refractivity contribution in [1.82, 2.24) is 10.1 Å². The minimum absolute atomic E-state index is 0.0481. The van der Waals surface area contributed by atoms with E-state index in [-0.39, 0.29) is 17.4 Å². The third-order valence-electron chi connectivity index (χ3n) is 2.53. The molecule has 2 aromatic heterocycles. The lowest BCUT2D eigenvalue weighted by molar-refractivity contribution is 0.421. The third kappa shape index (κ3) is 2.58. The van der Waals surface area contributed by atoms with Crippen LogP contribution in [0.25, 0.3) is 11.5 Å². The summed E-state index contributed by atoms with van der Waals surface area (Å²) in [7, 11) is 0. The van der Waals surface area contributed by atoms with Gasteiger partial charge in [-0.3, -0.25) is 0 Å². The SMILES string of the molecule is Oc1cc(O)cc(-c2nc(Cc3cccs3)no2)c1. The van der Waals surface area contributed by atoms with Crippen LogP contribution in [0.4, 0.5) is 0 Å². The van der Waals surface area contributed by atoms with Crippen LogP contribution in [0.15, 0.2) is 40.2 Å². The number of hydrogen-bond acceptors (Lipinski definition) is 6. The molecule has 6 heteroatoms. The zero-order valence-electron chi connectivity index (χ0n) is 9.78. The van der Waals surface area contributed by atoms with Crippen LogP contribution in [0.1, 0.15) is 10.7 Å². The summed E-state index contributed by atoms with van der Waals surface area (Å²) in [5, 5.41) is 24.7. The van der Waals surface area contributed by atoms with Crippen LogP contribution in [0.2, 0.25) is 0 Å². The summed E-state index contributed by atoms with van der Waals surface area (Å²) in [5.74, 6) is 0.749. The zero-order valence-corrected chi connectivity index (χ0v) is 10.6. The molecule has 3 rings (SSSR count). The Morgan fingerprint density at radius 3 is 2.63 bits per heavy atom. The largest absolute Gasteiger partial charge is 0.508 e. The highest BCUT2D eigenvalue weighted by atomic mass is 32.1. The number of benzene rings is 1. The average Bonchev–Trinajstić information content (AvgIpc) is 2.99. The van der Waals surface area contributed by atoms with Crippen molar-refractivity contribution in [2.75, 3.05) is 0 Å². The Balaban J connectivity index is 1.88.